The van der Waals surface area contributed by atoms with Crippen molar-refractivity contribution in [2.24, 2.45) is 0 Å². The van der Waals surface area contributed by atoms with Gasteiger partial charge in [-0.1, -0.05) is 12.1 Å². The molecule has 0 aliphatic carbocycles. The maximum Gasteiger partial charge on any atom is 0.119 e. The van der Waals surface area contributed by atoms with Crippen LogP contribution < -0.4 is 4.74 Å². The second kappa shape index (κ2) is 5.73. The number of aliphatic hydroxyl groups is 1. The molecule has 3 heteroatoms. The van der Waals surface area contributed by atoms with Gasteiger partial charge in [0.15, 0.2) is 0 Å². The molecule has 0 bridgehead atoms. The van der Waals surface area contributed by atoms with E-state index in [1.165, 1.54) is 0 Å². The quantitative estimate of drug-likeness (QED) is 0.809. The fourth-order valence-corrected chi connectivity index (χ4v) is 1.15. The number of ether oxygens (including phenoxy) is 2. The Balaban J connectivity index is 2.58. The van der Waals surface area contributed by atoms with E-state index in [-0.39, 0.29) is 6.10 Å². The first-order valence-corrected chi connectivity index (χ1v) is 5.07. The lowest BCUT2D eigenvalue weighted by atomic mass is 10.1. The number of hydrogen-bond donors (Lipinski definition) is 1. The summed E-state index contributed by atoms with van der Waals surface area (Å²) in [7, 11) is 1.65. The molecule has 1 rings (SSSR count). The van der Waals surface area contributed by atoms with Gasteiger partial charge in [0.1, 0.15) is 12.4 Å². The summed E-state index contributed by atoms with van der Waals surface area (Å²) in [6.45, 7) is 4.19. The fraction of sp³-hybridized carbons (Fsp3) is 0.500. The lowest BCUT2D eigenvalue weighted by Gasteiger charge is -2.12. The van der Waals surface area contributed by atoms with Gasteiger partial charge in [0.2, 0.25) is 0 Å². The maximum absolute atomic E-state index is 9.39. The Labute approximate surface area is 90.6 Å². The Hall–Kier alpha value is -1.06. The molecule has 1 unspecified atom stereocenters. The Morgan fingerprint density at radius 2 is 2.07 bits per heavy atom. The first-order valence-electron chi connectivity index (χ1n) is 5.07. The molecule has 3 nitrogen and oxygen atoms in total. The molecule has 15 heavy (non-hydrogen) atoms. The Morgan fingerprint density at radius 3 is 2.67 bits per heavy atom. The first-order chi connectivity index (χ1) is 7.13. The van der Waals surface area contributed by atoms with Gasteiger partial charge in [-0.25, -0.2) is 0 Å². The summed E-state index contributed by atoms with van der Waals surface area (Å²) < 4.78 is 10.6. The summed E-state index contributed by atoms with van der Waals surface area (Å²) in [6.07, 6.45) is -0.395. The predicted octanol–water partition coefficient (Wildman–Crippen LogP) is 2.15. The largest absolute Gasteiger partial charge is 0.491 e. The van der Waals surface area contributed by atoms with Gasteiger partial charge in [-0.15, -0.1) is 0 Å². The summed E-state index contributed by atoms with van der Waals surface area (Å²) >= 11 is 0. The minimum Gasteiger partial charge on any atom is -0.491 e. The van der Waals surface area contributed by atoms with Crippen molar-refractivity contribution in [2.75, 3.05) is 13.7 Å². The van der Waals surface area contributed by atoms with Gasteiger partial charge >= 0.3 is 0 Å². The summed E-state index contributed by atoms with van der Waals surface area (Å²) in [4.78, 5) is 0. The minimum absolute atomic E-state index is 0.0696. The second-order valence-corrected chi connectivity index (χ2v) is 3.61. The molecule has 2 atom stereocenters. The number of aliphatic hydroxyl groups excluding tert-OH is 1. The van der Waals surface area contributed by atoms with Gasteiger partial charge in [-0.3, -0.25) is 0 Å². The molecule has 0 amide bonds. The number of rotatable bonds is 5. The summed E-state index contributed by atoms with van der Waals surface area (Å²) in [6, 6.07) is 7.45. The zero-order valence-corrected chi connectivity index (χ0v) is 9.43. The van der Waals surface area contributed by atoms with Crippen molar-refractivity contribution in [3.05, 3.63) is 29.8 Å². The smallest absolute Gasteiger partial charge is 0.119 e. The van der Waals surface area contributed by atoms with Crippen LogP contribution in [0, 0.1) is 0 Å². The summed E-state index contributed by atoms with van der Waals surface area (Å²) in [5.74, 6) is 0.761. The predicted molar refractivity (Wildman–Crippen MR) is 59.0 cm³/mol. The lowest BCUT2D eigenvalue weighted by molar-refractivity contribution is 0.0715. The van der Waals surface area contributed by atoms with Gasteiger partial charge in [-0.2, -0.15) is 0 Å². The molecule has 0 aliphatic rings. The van der Waals surface area contributed by atoms with E-state index < -0.39 is 6.10 Å². The van der Waals surface area contributed by atoms with E-state index in [2.05, 4.69) is 0 Å². The molecular weight excluding hydrogens is 192 g/mol. The van der Waals surface area contributed by atoms with Crippen molar-refractivity contribution >= 4 is 0 Å². The van der Waals surface area contributed by atoms with E-state index in [9.17, 15) is 5.11 Å². The van der Waals surface area contributed by atoms with Gasteiger partial charge in [0, 0.05) is 7.11 Å². The van der Waals surface area contributed by atoms with Crippen molar-refractivity contribution in [3.8, 4) is 5.75 Å². The van der Waals surface area contributed by atoms with Crippen LogP contribution in [0.2, 0.25) is 0 Å². The molecule has 0 fully saturated rings. The molecule has 84 valence electrons. The molecule has 0 spiro atoms. The molecule has 1 N–H and O–H groups in total. The van der Waals surface area contributed by atoms with Crippen LogP contribution in [-0.4, -0.2) is 24.9 Å². The zero-order valence-electron chi connectivity index (χ0n) is 9.43. The number of hydrogen-bond acceptors (Lipinski definition) is 3. The van der Waals surface area contributed by atoms with E-state index >= 15 is 0 Å². The van der Waals surface area contributed by atoms with E-state index in [4.69, 9.17) is 9.47 Å². The van der Waals surface area contributed by atoms with Gasteiger partial charge in [0.25, 0.3) is 0 Å². The van der Waals surface area contributed by atoms with E-state index in [1.54, 1.807) is 14.0 Å². The van der Waals surface area contributed by atoms with E-state index in [0.717, 1.165) is 11.3 Å². The highest BCUT2D eigenvalue weighted by Crippen LogP contribution is 2.18. The molecule has 0 heterocycles. The van der Waals surface area contributed by atoms with Crippen LogP contribution in [0.15, 0.2) is 24.3 Å². The molecule has 0 saturated heterocycles. The van der Waals surface area contributed by atoms with Crippen molar-refractivity contribution in [1.82, 2.24) is 0 Å². The topological polar surface area (TPSA) is 38.7 Å². The fourth-order valence-electron chi connectivity index (χ4n) is 1.15. The average molecular weight is 210 g/mol. The highest BCUT2D eigenvalue weighted by Gasteiger charge is 2.04. The van der Waals surface area contributed by atoms with E-state index in [0.29, 0.717) is 6.61 Å². The van der Waals surface area contributed by atoms with Crippen LogP contribution in [0.4, 0.5) is 0 Å². The van der Waals surface area contributed by atoms with E-state index in [1.807, 2.05) is 31.2 Å². The Kier molecular flexibility index (Phi) is 4.59. The lowest BCUT2D eigenvalue weighted by Crippen LogP contribution is -2.15. The van der Waals surface area contributed by atoms with Crippen LogP contribution in [0.5, 0.6) is 5.75 Å². The standard InChI is InChI=1S/C12H18O3/c1-9(14-3)8-15-12-6-4-5-11(7-12)10(2)13/h4-7,9-10,13H,8H2,1-3H3/t9?,10-/m0/s1. The van der Waals surface area contributed by atoms with Gasteiger partial charge < -0.3 is 14.6 Å². The molecule has 0 saturated carbocycles. The second-order valence-electron chi connectivity index (χ2n) is 3.61. The molecule has 1 aromatic rings. The number of methoxy groups -OCH3 is 1. The number of benzene rings is 1. The van der Waals surface area contributed by atoms with Crippen LogP contribution in [-0.2, 0) is 4.74 Å². The maximum atomic E-state index is 9.39. The van der Waals surface area contributed by atoms with Crippen molar-refractivity contribution in [2.45, 2.75) is 26.1 Å². The zero-order chi connectivity index (χ0) is 11.3. The van der Waals surface area contributed by atoms with Gasteiger partial charge in [-0.05, 0) is 31.5 Å². The third-order valence-corrected chi connectivity index (χ3v) is 2.23. The van der Waals surface area contributed by atoms with Crippen molar-refractivity contribution in [1.29, 1.82) is 0 Å². The van der Waals surface area contributed by atoms with Crippen LogP contribution >= 0.6 is 0 Å². The SMILES string of the molecule is COC(C)COc1cccc([C@H](C)O)c1. The highest BCUT2D eigenvalue weighted by atomic mass is 16.5. The average Bonchev–Trinajstić information content (AvgIpc) is 2.26. The van der Waals surface area contributed by atoms with Crippen LogP contribution in [0.3, 0.4) is 0 Å². The summed E-state index contributed by atoms with van der Waals surface area (Å²) in [5, 5.41) is 9.39. The van der Waals surface area contributed by atoms with Crippen molar-refractivity contribution < 1.29 is 14.6 Å². The first kappa shape index (κ1) is 12.0. The Morgan fingerprint density at radius 1 is 1.33 bits per heavy atom. The molecule has 0 aromatic heterocycles. The highest BCUT2D eigenvalue weighted by molar-refractivity contribution is 5.29. The van der Waals surface area contributed by atoms with Gasteiger partial charge in [0.05, 0.1) is 12.2 Å². The van der Waals surface area contributed by atoms with Crippen LogP contribution in [0.25, 0.3) is 0 Å². The molecule has 0 radical (unpaired) electrons. The third-order valence-electron chi connectivity index (χ3n) is 2.23. The van der Waals surface area contributed by atoms with Crippen LogP contribution in [0.1, 0.15) is 25.5 Å². The monoisotopic (exact) mass is 210 g/mol. The minimum atomic E-state index is -0.464. The normalized spacial score (nSPS) is 14.7. The Bertz CT molecular complexity index is 297. The third kappa shape index (κ3) is 3.90. The molecular formula is C12H18O3. The summed E-state index contributed by atoms with van der Waals surface area (Å²) in [5.41, 5.74) is 0.859. The molecule has 0 aliphatic heterocycles. The van der Waals surface area contributed by atoms with Crippen molar-refractivity contribution in [3.63, 3.8) is 0 Å². The molecule has 1 aromatic carbocycles.